The average Bonchev–Trinajstić information content (AvgIpc) is 2.93. The summed E-state index contributed by atoms with van der Waals surface area (Å²) < 4.78 is 5.22. The molecule has 0 spiro atoms. The molecule has 0 unspecified atom stereocenters. The van der Waals surface area contributed by atoms with Gasteiger partial charge in [0.15, 0.2) is 0 Å². The molecule has 112 valence electrons. The van der Waals surface area contributed by atoms with Crippen molar-refractivity contribution < 1.29 is 9.32 Å². The van der Waals surface area contributed by atoms with Gasteiger partial charge < -0.3 is 9.84 Å². The van der Waals surface area contributed by atoms with Gasteiger partial charge in [-0.05, 0) is 12.3 Å². The van der Waals surface area contributed by atoms with E-state index in [9.17, 15) is 4.79 Å². The predicted octanol–water partition coefficient (Wildman–Crippen LogP) is 2.83. The van der Waals surface area contributed by atoms with Crippen LogP contribution < -0.4 is 5.32 Å². The van der Waals surface area contributed by atoms with E-state index in [1.807, 2.05) is 44.2 Å². The first-order valence-corrected chi connectivity index (χ1v) is 7.30. The molecule has 1 N–H and O–H groups in total. The van der Waals surface area contributed by atoms with Gasteiger partial charge in [-0.2, -0.15) is 4.98 Å². The molecule has 0 saturated carbocycles. The summed E-state index contributed by atoms with van der Waals surface area (Å²) in [6.45, 7) is 4.70. The van der Waals surface area contributed by atoms with Crippen LogP contribution in [-0.2, 0) is 11.2 Å². The molecule has 1 aromatic carbocycles. The second kappa shape index (κ2) is 7.57. The summed E-state index contributed by atoms with van der Waals surface area (Å²) in [7, 11) is 0. The summed E-state index contributed by atoms with van der Waals surface area (Å²) in [5.74, 6) is 1.69. The van der Waals surface area contributed by atoms with Crippen molar-refractivity contribution in [2.45, 2.75) is 33.1 Å². The van der Waals surface area contributed by atoms with Crippen LogP contribution >= 0.6 is 0 Å². The largest absolute Gasteiger partial charge is 0.356 e. The Morgan fingerprint density at radius 1 is 1.29 bits per heavy atom. The molecule has 5 nitrogen and oxygen atoms in total. The van der Waals surface area contributed by atoms with Gasteiger partial charge in [-0.25, -0.2) is 0 Å². The molecular formula is C16H21N3O2. The molecule has 0 saturated heterocycles. The van der Waals surface area contributed by atoms with E-state index in [2.05, 4.69) is 15.5 Å². The number of hydrogen-bond acceptors (Lipinski definition) is 4. The molecule has 5 heteroatoms. The van der Waals surface area contributed by atoms with Crippen molar-refractivity contribution in [2.75, 3.05) is 6.54 Å². The minimum absolute atomic E-state index is 0.0977. The summed E-state index contributed by atoms with van der Waals surface area (Å²) in [4.78, 5) is 15.8. The minimum Gasteiger partial charge on any atom is -0.356 e. The average molecular weight is 287 g/mol. The zero-order valence-corrected chi connectivity index (χ0v) is 12.5. The number of nitrogens with one attached hydrogen (secondary N) is 1. The van der Waals surface area contributed by atoms with Crippen molar-refractivity contribution in [3.8, 4) is 11.4 Å². The standard InChI is InChI=1S/C16H21N3O2/c1-12(2)11-14(20)17-10-6-9-15-18-16(19-21-15)13-7-4-3-5-8-13/h3-5,7-8,12H,6,9-11H2,1-2H3,(H,17,20). The Morgan fingerprint density at radius 2 is 2.05 bits per heavy atom. The molecule has 1 amide bonds. The summed E-state index contributed by atoms with van der Waals surface area (Å²) >= 11 is 0. The number of amides is 1. The molecular weight excluding hydrogens is 266 g/mol. The maximum Gasteiger partial charge on any atom is 0.227 e. The lowest BCUT2D eigenvalue weighted by atomic mass is 10.1. The maximum atomic E-state index is 11.5. The van der Waals surface area contributed by atoms with Gasteiger partial charge in [0, 0.05) is 24.9 Å². The van der Waals surface area contributed by atoms with Crippen LogP contribution in [0.2, 0.25) is 0 Å². The lowest BCUT2D eigenvalue weighted by Gasteiger charge is -2.05. The summed E-state index contributed by atoms with van der Waals surface area (Å²) in [5.41, 5.74) is 0.942. The van der Waals surface area contributed by atoms with E-state index < -0.39 is 0 Å². The van der Waals surface area contributed by atoms with Gasteiger partial charge in [0.25, 0.3) is 0 Å². The quantitative estimate of drug-likeness (QED) is 0.795. The van der Waals surface area contributed by atoms with Crippen LogP contribution in [0.4, 0.5) is 0 Å². The van der Waals surface area contributed by atoms with Crippen molar-refractivity contribution >= 4 is 5.91 Å². The molecule has 0 radical (unpaired) electrons. The molecule has 2 rings (SSSR count). The van der Waals surface area contributed by atoms with E-state index in [0.717, 1.165) is 12.0 Å². The fraction of sp³-hybridized carbons (Fsp3) is 0.438. The number of carbonyl (C=O) groups excluding carboxylic acids is 1. The number of nitrogens with zero attached hydrogens (tertiary/aromatic N) is 2. The normalized spacial score (nSPS) is 10.8. The van der Waals surface area contributed by atoms with Crippen molar-refractivity contribution in [3.63, 3.8) is 0 Å². The summed E-state index contributed by atoms with van der Waals surface area (Å²) in [6, 6.07) is 9.72. The molecule has 0 bridgehead atoms. The molecule has 0 aliphatic rings. The molecule has 1 aromatic heterocycles. The van der Waals surface area contributed by atoms with Gasteiger partial charge in [0.05, 0.1) is 0 Å². The van der Waals surface area contributed by atoms with Crippen LogP contribution in [0.15, 0.2) is 34.9 Å². The van der Waals surface area contributed by atoms with E-state index in [1.165, 1.54) is 0 Å². The molecule has 21 heavy (non-hydrogen) atoms. The molecule has 0 fully saturated rings. The second-order valence-electron chi connectivity index (χ2n) is 5.43. The number of rotatable bonds is 7. The van der Waals surface area contributed by atoms with E-state index in [4.69, 9.17) is 4.52 Å². The Balaban J connectivity index is 1.75. The lowest BCUT2D eigenvalue weighted by Crippen LogP contribution is -2.25. The third-order valence-corrected chi connectivity index (χ3v) is 2.98. The van der Waals surface area contributed by atoms with Crippen molar-refractivity contribution in [1.82, 2.24) is 15.5 Å². The van der Waals surface area contributed by atoms with Gasteiger partial charge in [0.2, 0.25) is 17.6 Å². The van der Waals surface area contributed by atoms with E-state index in [1.54, 1.807) is 0 Å². The highest BCUT2D eigenvalue weighted by Crippen LogP contribution is 2.15. The van der Waals surface area contributed by atoms with Gasteiger partial charge in [0.1, 0.15) is 0 Å². The first kappa shape index (κ1) is 15.2. The Morgan fingerprint density at radius 3 is 2.76 bits per heavy atom. The third kappa shape index (κ3) is 5.02. The lowest BCUT2D eigenvalue weighted by molar-refractivity contribution is -0.121. The van der Waals surface area contributed by atoms with Crippen LogP contribution in [0, 0.1) is 5.92 Å². The highest BCUT2D eigenvalue weighted by Gasteiger charge is 2.08. The Bertz CT molecular complexity index is 564. The van der Waals surface area contributed by atoms with Gasteiger partial charge in [-0.1, -0.05) is 49.3 Å². The molecule has 0 aliphatic heterocycles. The molecule has 0 atom stereocenters. The van der Waals surface area contributed by atoms with Crippen LogP contribution in [0.3, 0.4) is 0 Å². The second-order valence-corrected chi connectivity index (χ2v) is 5.43. The molecule has 2 aromatic rings. The number of carbonyl (C=O) groups is 1. The van der Waals surface area contributed by atoms with Crippen LogP contribution in [0.25, 0.3) is 11.4 Å². The number of benzene rings is 1. The van der Waals surface area contributed by atoms with Crippen LogP contribution in [0.1, 0.15) is 32.6 Å². The number of aryl methyl sites for hydroxylation is 1. The monoisotopic (exact) mass is 287 g/mol. The van der Waals surface area contributed by atoms with Crippen LogP contribution in [-0.4, -0.2) is 22.6 Å². The minimum atomic E-state index is 0.0977. The van der Waals surface area contributed by atoms with Gasteiger partial charge in [-0.3, -0.25) is 4.79 Å². The molecule has 1 heterocycles. The summed E-state index contributed by atoms with van der Waals surface area (Å²) in [5, 5.41) is 6.86. The highest BCUT2D eigenvalue weighted by atomic mass is 16.5. The van der Waals surface area contributed by atoms with Gasteiger partial charge in [-0.15, -0.1) is 0 Å². The Hall–Kier alpha value is -2.17. The Kier molecular flexibility index (Phi) is 5.49. The Labute approximate surface area is 124 Å². The SMILES string of the molecule is CC(C)CC(=O)NCCCc1nc(-c2ccccc2)no1. The van der Waals surface area contributed by atoms with Gasteiger partial charge >= 0.3 is 0 Å². The molecule has 0 aliphatic carbocycles. The fourth-order valence-corrected chi connectivity index (χ4v) is 1.97. The predicted molar refractivity (Wildman–Crippen MR) is 80.5 cm³/mol. The summed E-state index contributed by atoms with van der Waals surface area (Å²) in [6.07, 6.45) is 2.03. The zero-order chi connectivity index (χ0) is 15.1. The topological polar surface area (TPSA) is 68.0 Å². The van der Waals surface area contributed by atoms with E-state index >= 15 is 0 Å². The first-order valence-electron chi connectivity index (χ1n) is 7.30. The van der Waals surface area contributed by atoms with Crippen molar-refractivity contribution in [1.29, 1.82) is 0 Å². The smallest absolute Gasteiger partial charge is 0.227 e. The van der Waals surface area contributed by atoms with E-state index in [0.29, 0.717) is 37.0 Å². The van der Waals surface area contributed by atoms with Crippen molar-refractivity contribution in [2.24, 2.45) is 5.92 Å². The van der Waals surface area contributed by atoms with Crippen molar-refractivity contribution in [3.05, 3.63) is 36.2 Å². The maximum absolute atomic E-state index is 11.5. The highest BCUT2D eigenvalue weighted by molar-refractivity contribution is 5.75. The fourth-order valence-electron chi connectivity index (χ4n) is 1.97. The number of aromatic nitrogens is 2. The van der Waals surface area contributed by atoms with Crippen LogP contribution in [0.5, 0.6) is 0 Å². The number of hydrogen-bond donors (Lipinski definition) is 1. The zero-order valence-electron chi connectivity index (χ0n) is 12.5. The van der Waals surface area contributed by atoms with E-state index in [-0.39, 0.29) is 5.91 Å². The first-order chi connectivity index (χ1) is 10.1. The third-order valence-electron chi connectivity index (χ3n) is 2.98.